The summed E-state index contributed by atoms with van der Waals surface area (Å²) < 4.78 is 7.43. The van der Waals surface area contributed by atoms with Gasteiger partial charge in [0.2, 0.25) is 0 Å². The molecule has 0 saturated carbocycles. The van der Waals surface area contributed by atoms with Crippen LogP contribution in [0.5, 0.6) is 0 Å². The van der Waals surface area contributed by atoms with Crippen molar-refractivity contribution in [2.45, 2.75) is 33.2 Å². The van der Waals surface area contributed by atoms with E-state index in [1.807, 2.05) is 0 Å². The smallest absolute Gasteiger partial charge is 0.0650 e. The van der Waals surface area contributed by atoms with Crippen molar-refractivity contribution < 1.29 is 4.74 Å². The number of aromatic nitrogens is 2. The van der Waals surface area contributed by atoms with Gasteiger partial charge in [-0.05, 0) is 25.3 Å². The molecule has 4 nitrogen and oxygen atoms in total. The van der Waals surface area contributed by atoms with E-state index < -0.39 is 0 Å². The number of morpholine rings is 1. The number of hydrogen-bond acceptors (Lipinski definition) is 3. The third-order valence-electron chi connectivity index (χ3n) is 3.35. The van der Waals surface area contributed by atoms with E-state index in [0.717, 1.165) is 45.8 Å². The topological polar surface area (TPSA) is 30.3 Å². The van der Waals surface area contributed by atoms with E-state index >= 15 is 0 Å². The minimum Gasteiger partial charge on any atom is -0.379 e. The van der Waals surface area contributed by atoms with Crippen molar-refractivity contribution in [2.24, 2.45) is 0 Å². The molecule has 2 rings (SSSR count). The first-order valence-corrected chi connectivity index (χ1v) is 6.62. The Kier molecular flexibility index (Phi) is 4.57. The van der Waals surface area contributed by atoms with Gasteiger partial charge in [0, 0.05) is 32.4 Å². The van der Waals surface area contributed by atoms with Gasteiger partial charge in [-0.2, -0.15) is 5.10 Å². The fraction of sp³-hybridized carbons (Fsp3) is 0.769. The average Bonchev–Trinajstić information content (AvgIpc) is 2.71. The molecule has 1 fully saturated rings. The highest BCUT2D eigenvalue weighted by atomic mass is 16.5. The molecular weight excluding hydrogens is 214 g/mol. The van der Waals surface area contributed by atoms with Crippen molar-refractivity contribution in [3.8, 4) is 0 Å². The molecule has 4 heteroatoms. The highest BCUT2D eigenvalue weighted by molar-refractivity contribution is 5.14. The molecule has 0 amide bonds. The molecule has 0 aliphatic carbocycles. The first kappa shape index (κ1) is 12.6. The molecule has 0 radical (unpaired) electrons. The summed E-state index contributed by atoms with van der Waals surface area (Å²) in [6, 6.07) is 0. The van der Waals surface area contributed by atoms with Gasteiger partial charge in [-0.15, -0.1) is 0 Å². The maximum absolute atomic E-state index is 5.34. The Balaban J connectivity index is 1.73. The predicted molar refractivity (Wildman–Crippen MR) is 68.2 cm³/mol. The van der Waals surface area contributed by atoms with Gasteiger partial charge >= 0.3 is 0 Å². The summed E-state index contributed by atoms with van der Waals surface area (Å²) in [6.45, 7) is 10.4. The molecule has 0 spiro atoms. The monoisotopic (exact) mass is 237 g/mol. The predicted octanol–water partition coefficient (Wildman–Crippen LogP) is 1.48. The molecule has 0 bridgehead atoms. The molecule has 0 unspecified atom stereocenters. The standard InChI is InChI=1S/C13H23N3O/c1-3-13-12(2)11-16(14-13)6-4-5-15-7-9-17-10-8-15/h11H,3-10H2,1-2H3. The zero-order valence-electron chi connectivity index (χ0n) is 11.0. The molecule has 17 heavy (non-hydrogen) atoms. The summed E-state index contributed by atoms with van der Waals surface area (Å²) in [5, 5.41) is 4.58. The van der Waals surface area contributed by atoms with Crippen LogP contribution in [0.15, 0.2) is 6.20 Å². The van der Waals surface area contributed by atoms with Crippen molar-refractivity contribution in [3.63, 3.8) is 0 Å². The molecule has 1 aliphatic heterocycles. The second-order valence-corrected chi connectivity index (χ2v) is 4.68. The van der Waals surface area contributed by atoms with Crippen molar-refractivity contribution in [3.05, 3.63) is 17.5 Å². The van der Waals surface area contributed by atoms with Crippen LogP contribution in [0.2, 0.25) is 0 Å². The fourth-order valence-electron chi connectivity index (χ4n) is 2.31. The normalized spacial score (nSPS) is 17.5. The average molecular weight is 237 g/mol. The molecule has 1 saturated heterocycles. The van der Waals surface area contributed by atoms with Gasteiger partial charge in [0.05, 0.1) is 18.9 Å². The van der Waals surface area contributed by atoms with E-state index in [1.54, 1.807) is 0 Å². The minimum absolute atomic E-state index is 0.890. The first-order valence-electron chi connectivity index (χ1n) is 6.62. The van der Waals surface area contributed by atoms with Gasteiger partial charge in [0.25, 0.3) is 0 Å². The van der Waals surface area contributed by atoms with E-state index in [1.165, 1.54) is 17.7 Å². The third-order valence-corrected chi connectivity index (χ3v) is 3.35. The summed E-state index contributed by atoms with van der Waals surface area (Å²) >= 11 is 0. The van der Waals surface area contributed by atoms with Gasteiger partial charge in [-0.1, -0.05) is 6.92 Å². The highest BCUT2D eigenvalue weighted by Crippen LogP contribution is 2.06. The Morgan fingerprint density at radius 3 is 2.71 bits per heavy atom. The van der Waals surface area contributed by atoms with E-state index in [2.05, 4.69) is 34.7 Å². The van der Waals surface area contributed by atoms with Crippen LogP contribution < -0.4 is 0 Å². The molecule has 1 aliphatic rings. The van der Waals surface area contributed by atoms with Crippen molar-refractivity contribution in [1.29, 1.82) is 0 Å². The summed E-state index contributed by atoms with van der Waals surface area (Å²) in [4.78, 5) is 2.47. The summed E-state index contributed by atoms with van der Waals surface area (Å²) in [7, 11) is 0. The molecule has 2 heterocycles. The number of rotatable bonds is 5. The lowest BCUT2D eigenvalue weighted by molar-refractivity contribution is 0.0368. The third kappa shape index (κ3) is 3.54. The molecule has 96 valence electrons. The van der Waals surface area contributed by atoms with Crippen LogP contribution in [0.3, 0.4) is 0 Å². The lowest BCUT2D eigenvalue weighted by Crippen LogP contribution is -2.37. The number of hydrogen-bond donors (Lipinski definition) is 0. The van der Waals surface area contributed by atoms with E-state index in [4.69, 9.17) is 4.74 Å². The van der Waals surface area contributed by atoms with Crippen molar-refractivity contribution >= 4 is 0 Å². The van der Waals surface area contributed by atoms with Crippen LogP contribution in [0, 0.1) is 6.92 Å². The van der Waals surface area contributed by atoms with Crippen LogP contribution in [-0.2, 0) is 17.7 Å². The van der Waals surface area contributed by atoms with E-state index in [0.29, 0.717) is 0 Å². The lowest BCUT2D eigenvalue weighted by atomic mass is 10.2. The summed E-state index contributed by atoms with van der Waals surface area (Å²) in [5.41, 5.74) is 2.55. The SMILES string of the molecule is CCc1nn(CCCN2CCOCC2)cc1C. The summed E-state index contributed by atoms with van der Waals surface area (Å²) in [5.74, 6) is 0. The second-order valence-electron chi connectivity index (χ2n) is 4.68. The molecular formula is C13H23N3O. The van der Waals surface area contributed by atoms with Crippen LogP contribution in [0.4, 0.5) is 0 Å². The molecule has 0 N–H and O–H groups in total. The molecule has 0 atom stereocenters. The van der Waals surface area contributed by atoms with Crippen LogP contribution in [0.25, 0.3) is 0 Å². The maximum Gasteiger partial charge on any atom is 0.0650 e. The van der Waals surface area contributed by atoms with Gasteiger partial charge < -0.3 is 4.74 Å². The van der Waals surface area contributed by atoms with Crippen molar-refractivity contribution in [2.75, 3.05) is 32.8 Å². The van der Waals surface area contributed by atoms with Crippen molar-refractivity contribution in [1.82, 2.24) is 14.7 Å². The van der Waals surface area contributed by atoms with Crippen LogP contribution >= 0.6 is 0 Å². The Labute approximate surface area is 104 Å². The fourth-order valence-corrected chi connectivity index (χ4v) is 2.31. The lowest BCUT2D eigenvalue weighted by Gasteiger charge is -2.26. The van der Waals surface area contributed by atoms with Crippen LogP contribution in [0.1, 0.15) is 24.6 Å². The van der Waals surface area contributed by atoms with Gasteiger partial charge in [-0.25, -0.2) is 0 Å². The molecule has 1 aromatic rings. The summed E-state index contributed by atoms with van der Waals surface area (Å²) in [6.07, 6.45) is 4.37. The Morgan fingerprint density at radius 1 is 1.29 bits per heavy atom. The van der Waals surface area contributed by atoms with Gasteiger partial charge in [-0.3, -0.25) is 9.58 Å². The number of nitrogens with zero attached hydrogens (tertiary/aromatic N) is 3. The van der Waals surface area contributed by atoms with E-state index in [-0.39, 0.29) is 0 Å². The first-order chi connectivity index (χ1) is 8.29. The van der Waals surface area contributed by atoms with E-state index in [9.17, 15) is 0 Å². The second kappa shape index (κ2) is 6.17. The Hall–Kier alpha value is -0.870. The molecule has 1 aromatic heterocycles. The quantitative estimate of drug-likeness (QED) is 0.777. The zero-order valence-corrected chi connectivity index (χ0v) is 11.0. The molecule has 0 aromatic carbocycles. The largest absolute Gasteiger partial charge is 0.379 e. The Morgan fingerprint density at radius 2 is 2.06 bits per heavy atom. The van der Waals surface area contributed by atoms with Crippen LogP contribution in [-0.4, -0.2) is 47.5 Å². The highest BCUT2D eigenvalue weighted by Gasteiger charge is 2.09. The number of ether oxygens (including phenoxy) is 1. The zero-order chi connectivity index (χ0) is 12.1. The van der Waals surface area contributed by atoms with Gasteiger partial charge in [0.1, 0.15) is 0 Å². The maximum atomic E-state index is 5.34. The number of aryl methyl sites for hydroxylation is 3. The van der Waals surface area contributed by atoms with Gasteiger partial charge in [0.15, 0.2) is 0 Å². The minimum atomic E-state index is 0.890. The Bertz CT molecular complexity index is 342.